The monoisotopic (exact) mass is 474 g/mol. The average molecular weight is 475 g/mol. The fourth-order valence-corrected chi connectivity index (χ4v) is 4.91. The van der Waals surface area contributed by atoms with E-state index >= 15 is 0 Å². The summed E-state index contributed by atoms with van der Waals surface area (Å²) < 4.78 is 43.9. The zero-order valence-electron chi connectivity index (χ0n) is 19.0. The molecule has 0 bridgehead atoms. The fraction of sp³-hybridized carbons (Fsp3) is 0.545. The van der Waals surface area contributed by atoms with Gasteiger partial charge in [0.15, 0.2) is 17.6 Å². The van der Waals surface area contributed by atoms with Gasteiger partial charge in [0.2, 0.25) is 11.9 Å². The van der Waals surface area contributed by atoms with Crippen LogP contribution in [0.4, 0.5) is 0 Å². The van der Waals surface area contributed by atoms with Gasteiger partial charge in [0, 0.05) is 19.2 Å². The third kappa shape index (κ3) is 5.51. The molecule has 3 aliphatic rings. The van der Waals surface area contributed by atoms with Gasteiger partial charge >= 0.3 is 10.2 Å². The summed E-state index contributed by atoms with van der Waals surface area (Å²) in [5.41, 5.74) is 1.12. The molecule has 2 atom stereocenters. The molecular formula is C22H30N6O4S. The minimum atomic E-state index is -4.03. The third-order valence-corrected chi connectivity index (χ3v) is 6.68. The van der Waals surface area contributed by atoms with Crippen molar-refractivity contribution in [3.05, 3.63) is 23.8 Å². The van der Waals surface area contributed by atoms with Gasteiger partial charge in [0.25, 0.3) is 0 Å². The number of terminal acetylenes is 1. The number of likely N-dealkylation sites (tertiary alicyclic amines) is 1. The zero-order valence-corrected chi connectivity index (χ0v) is 19.8. The van der Waals surface area contributed by atoms with E-state index in [1.165, 1.54) is 24.2 Å². The maximum atomic E-state index is 12.1. The Morgan fingerprint density at radius 3 is 2.76 bits per heavy atom. The number of nitrogens with one attached hydrogen (secondary N) is 2. The summed E-state index contributed by atoms with van der Waals surface area (Å²) in [6.45, 7) is 5.41. The molecule has 0 spiro atoms. The molecule has 0 saturated carbocycles. The molecule has 0 radical (unpaired) electrons. The second kappa shape index (κ2) is 9.89. The molecule has 1 saturated heterocycles. The van der Waals surface area contributed by atoms with Gasteiger partial charge in [-0.25, -0.2) is 0 Å². The van der Waals surface area contributed by atoms with Gasteiger partial charge in [-0.15, -0.1) is 15.2 Å². The molecule has 2 unspecified atom stereocenters. The first-order valence-corrected chi connectivity index (χ1v) is 12.5. The van der Waals surface area contributed by atoms with Gasteiger partial charge in [-0.2, -0.15) is 8.42 Å². The molecule has 1 aromatic rings. The lowest BCUT2D eigenvalue weighted by Gasteiger charge is -2.35. The van der Waals surface area contributed by atoms with Gasteiger partial charge in [0.05, 0.1) is 12.6 Å². The number of nitrogens with zero attached hydrogens (tertiary/aromatic N) is 4. The Morgan fingerprint density at radius 1 is 1.24 bits per heavy atom. The van der Waals surface area contributed by atoms with Crippen LogP contribution in [-0.4, -0.2) is 75.6 Å². The molecule has 4 rings (SSSR count). The average Bonchev–Trinajstić information content (AvgIpc) is 2.80. The quantitative estimate of drug-likeness (QED) is 0.607. The first kappa shape index (κ1) is 23.2. The second-order valence-electron chi connectivity index (χ2n) is 8.38. The summed E-state index contributed by atoms with van der Waals surface area (Å²) in [6.07, 6.45) is 8.68. The van der Waals surface area contributed by atoms with Crippen molar-refractivity contribution in [2.45, 2.75) is 44.9 Å². The minimum Gasteiger partial charge on any atom is -0.485 e. The van der Waals surface area contributed by atoms with Gasteiger partial charge in [-0.3, -0.25) is 9.80 Å². The van der Waals surface area contributed by atoms with Crippen molar-refractivity contribution in [1.29, 1.82) is 0 Å². The van der Waals surface area contributed by atoms with Crippen molar-refractivity contribution in [2.75, 3.05) is 33.3 Å². The summed E-state index contributed by atoms with van der Waals surface area (Å²) in [5, 5.41) is 5.91. The standard InChI is InChI=1S/C22H30N6O4S/c1-4-11-23-21-25-33(29,30)26-22(27(21)3)24-16(2)19-15-31-20-17(9-8-10-18(20)32-19)14-28-12-6-5-7-13-28/h1,8-10,16,19H,5-7,11-15H2,2-3H3,(H,23,25)(H,24,26). The van der Waals surface area contributed by atoms with Crippen molar-refractivity contribution in [3.8, 4) is 23.8 Å². The maximum Gasteiger partial charge on any atom is 0.369 e. The Kier molecular flexibility index (Phi) is 6.95. The first-order valence-electron chi connectivity index (χ1n) is 11.1. The number of piperidine rings is 1. The number of hydrogen-bond donors (Lipinski definition) is 2. The van der Waals surface area contributed by atoms with E-state index in [1.54, 1.807) is 7.05 Å². The number of benzene rings is 1. The summed E-state index contributed by atoms with van der Waals surface area (Å²) in [7, 11) is -2.38. The smallest absolute Gasteiger partial charge is 0.369 e. The van der Waals surface area contributed by atoms with E-state index in [2.05, 4.69) is 36.3 Å². The topological polar surface area (TPSA) is 108 Å². The normalized spacial score (nSPS) is 23.1. The van der Waals surface area contributed by atoms with E-state index in [0.717, 1.165) is 30.9 Å². The van der Waals surface area contributed by atoms with Crippen LogP contribution in [0, 0.1) is 12.3 Å². The maximum absolute atomic E-state index is 12.1. The van der Waals surface area contributed by atoms with E-state index < -0.39 is 10.2 Å². The van der Waals surface area contributed by atoms with Crippen LogP contribution in [-0.2, 0) is 16.8 Å². The van der Waals surface area contributed by atoms with Gasteiger partial charge in [-0.05, 0) is 38.9 Å². The van der Waals surface area contributed by atoms with E-state index in [9.17, 15) is 8.42 Å². The lowest BCUT2D eigenvalue weighted by atomic mass is 10.1. The minimum absolute atomic E-state index is 0.103. The van der Waals surface area contributed by atoms with Crippen LogP contribution in [0.3, 0.4) is 0 Å². The van der Waals surface area contributed by atoms with Gasteiger partial charge < -0.3 is 20.1 Å². The van der Waals surface area contributed by atoms with Crippen molar-refractivity contribution in [1.82, 2.24) is 20.4 Å². The molecule has 0 aromatic heterocycles. The molecule has 178 valence electrons. The Labute approximate surface area is 195 Å². The summed E-state index contributed by atoms with van der Waals surface area (Å²) in [6, 6.07) is 5.66. The van der Waals surface area contributed by atoms with Crippen LogP contribution < -0.4 is 20.1 Å². The SMILES string of the molecule is C#CCNC1=NS(=O)(=O)N=C(NC(C)C2COc3c(CN4CCCCC4)cccc3O2)N1C. The molecule has 0 aliphatic carbocycles. The van der Waals surface area contributed by atoms with Crippen LogP contribution >= 0.6 is 0 Å². The van der Waals surface area contributed by atoms with Crippen molar-refractivity contribution >= 4 is 22.1 Å². The summed E-state index contributed by atoms with van der Waals surface area (Å²) in [5.74, 6) is 4.11. The van der Waals surface area contributed by atoms with Crippen LogP contribution in [0.1, 0.15) is 31.7 Å². The first-order chi connectivity index (χ1) is 15.9. The summed E-state index contributed by atoms with van der Waals surface area (Å²) in [4.78, 5) is 3.95. The molecule has 33 heavy (non-hydrogen) atoms. The molecule has 1 fully saturated rings. The highest BCUT2D eigenvalue weighted by atomic mass is 32.2. The number of rotatable bonds is 5. The van der Waals surface area contributed by atoms with E-state index in [0.29, 0.717) is 12.4 Å². The lowest BCUT2D eigenvalue weighted by molar-refractivity contribution is 0.0691. The predicted molar refractivity (Wildman–Crippen MR) is 126 cm³/mol. The molecule has 0 amide bonds. The van der Waals surface area contributed by atoms with E-state index in [1.807, 2.05) is 19.1 Å². The Balaban J connectivity index is 1.43. The molecule has 3 heterocycles. The zero-order chi connectivity index (χ0) is 23.4. The summed E-state index contributed by atoms with van der Waals surface area (Å²) >= 11 is 0. The van der Waals surface area contributed by atoms with Crippen LogP contribution in [0.2, 0.25) is 0 Å². The number of fused-ring (bicyclic) bond motifs is 1. The van der Waals surface area contributed by atoms with Crippen LogP contribution in [0.15, 0.2) is 27.0 Å². The molecule has 2 N–H and O–H groups in total. The number of hydrogen-bond acceptors (Lipinski definition) is 8. The van der Waals surface area contributed by atoms with Crippen molar-refractivity contribution < 1.29 is 17.9 Å². The molecule has 3 aliphatic heterocycles. The molecule has 1 aromatic carbocycles. The Hall–Kier alpha value is -2.97. The van der Waals surface area contributed by atoms with Gasteiger partial charge in [-0.1, -0.05) is 24.5 Å². The third-order valence-electron chi connectivity index (χ3n) is 5.88. The number of ether oxygens (including phenoxy) is 2. The highest BCUT2D eigenvalue weighted by Gasteiger charge is 2.32. The predicted octanol–water partition coefficient (Wildman–Crippen LogP) is 0.915. The highest BCUT2D eigenvalue weighted by molar-refractivity contribution is 7.89. The van der Waals surface area contributed by atoms with Crippen LogP contribution in [0.5, 0.6) is 11.5 Å². The Bertz CT molecular complexity index is 1070. The highest BCUT2D eigenvalue weighted by Crippen LogP contribution is 2.36. The largest absolute Gasteiger partial charge is 0.485 e. The fourth-order valence-electron chi connectivity index (χ4n) is 4.07. The van der Waals surface area contributed by atoms with Crippen molar-refractivity contribution in [2.24, 2.45) is 8.80 Å². The van der Waals surface area contributed by atoms with Gasteiger partial charge in [0.1, 0.15) is 6.61 Å². The molecule has 11 heteroatoms. The second-order valence-corrected chi connectivity index (χ2v) is 9.64. The van der Waals surface area contributed by atoms with E-state index in [4.69, 9.17) is 15.9 Å². The molecular weight excluding hydrogens is 444 g/mol. The lowest BCUT2D eigenvalue weighted by Crippen LogP contribution is -2.56. The number of para-hydroxylation sites is 1. The Morgan fingerprint density at radius 2 is 2.00 bits per heavy atom. The van der Waals surface area contributed by atoms with Crippen molar-refractivity contribution in [3.63, 3.8) is 0 Å². The number of guanidine groups is 2. The van der Waals surface area contributed by atoms with E-state index in [-0.39, 0.29) is 30.6 Å². The van der Waals surface area contributed by atoms with Crippen LogP contribution in [0.25, 0.3) is 0 Å². The molecule has 10 nitrogen and oxygen atoms in total.